The lowest BCUT2D eigenvalue weighted by atomic mass is 10.2. The molecule has 0 aliphatic carbocycles. The van der Waals surface area contributed by atoms with Crippen LogP contribution in [-0.4, -0.2) is 42.0 Å². The van der Waals surface area contributed by atoms with Crippen LogP contribution >= 0.6 is 34.5 Å². The van der Waals surface area contributed by atoms with Crippen LogP contribution in [0.3, 0.4) is 0 Å². The minimum atomic E-state index is -0.480. The molecule has 1 heterocycles. The third-order valence-electron chi connectivity index (χ3n) is 4.91. The number of anilines is 1. The molecule has 4 nitrogen and oxygen atoms in total. The van der Waals surface area contributed by atoms with Crippen LogP contribution in [-0.2, 0) is 0 Å². The number of thiazole rings is 1. The van der Waals surface area contributed by atoms with Crippen molar-refractivity contribution in [2.75, 3.05) is 31.1 Å². The number of amides is 1. The first-order chi connectivity index (χ1) is 13.8. The Bertz CT molecular complexity index is 1040. The standard InChI is InChI=1S/C21H22Cl2FN3OS/c1-4-26(5-2)10-11-27(20(28)15-7-6-14(24)12-17(15)23)21-25-19-13(3)16(22)8-9-18(19)29-21/h6-9,12H,4-5,10-11H2,1-3H3. The minimum Gasteiger partial charge on any atom is -0.302 e. The number of halogens is 3. The van der Waals surface area contributed by atoms with Crippen molar-refractivity contribution in [3.63, 3.8) is 0 Å². The van der Waals surface area contributed by atoms with Crippen molar-refractivity contribution in [1.82, 2.24) is 9.88 Å². The number of likely N-dealkylation sites (N-methyl/N-ethyl adjacent to an activating group) is 1. The maximum atomic E-state index is 13.5. The van der Waals surface area contributed by atoms with Crippen molar-refractivity contribution in [2.45, 2.75) is 20.8 Å². The largest absolute Gasteiger partial charge is 0.302 e. The van der Waals surface area contributed by atoms with Crippen molar-refractivity contribution in [1.29, 1.82) is 0 Å². The highest BCUT2D eigenvalue weighted by atomic mass is 35.5. The third kappa shape index (κ3) is 4.72. The van der Waals surface area contributed by atoms with Gasteiger partial charge in [-0.05, 0) is 55.9 Å². The van der Waals surface area contributed by atoms with E-state index in [1.165, 1.54) is 23.5 Å². The summed E-state index contributed by atoms with van der Waals surface area (Å²) in [7, 11) is 0. The fourth-order valence-corrected chi connectivity index (χ4v) is 4.53. The first-order valence-corrected chi connectivity index (χ1v) is 11.0. The molecule has 0 saturated carbocycles. The van der Waals surface area contributed by atoms with E-state index >= 15 is 0 Å². The Morgan fingerprint density at radius 1 is 1.10 bits per heavy atom. The summed E-state index contributed by atoms with van der Waals surface area (Å²) in [6.07, 6.45) is 0. The molecule has 0 N–H and O–H groups in total. The number of aromatic nitrogens is 1. The van der Waals surface area contributed by atoms with Gasteiger partial charge in [-0.3, -0.25) is 9.69 Å². The first kappa shape index (κ1) is 22.0. The zero-order chi connectivity index (χ0) is 21.1. The summed E-state index contributed by atoms with van der Waals surface area (Å²) >= 11 is 13.8. The summed E-state index contributed by atoms with van der Waals surface area (Å²) in [6.45, 7) is 8.96. The Hall–Kier alpha value is -1.73. The molecule has 3 rings (SSSR count). The molecule has 1 aromatic heterocycles. The van der Waals surface area contributed by atoms with Gasteiger partial charge in [-0.25, -0.2) is 9.37 Å². The number of hydrogen-bond acceptors (Lipinski definition) is 4. The highest BCUT2D eigenvalue weighted by molar-refractivity contribution is 7.22. The van der Waals surface area contributed by atoms with Gasteiger partial charge < -0.3 is 4.90 Å². The monoisotopic (exact) mass is 453 g/mol. The van der Waals surface area contributed by atoms with Crippen molar-refractivity contribution < 1.29 is 9.18 Å². The van der Waals surface area contributed by atoms with Gasteiger partial charge in [0.15, 0.2) is 5.13 Å². The molecule has 0 saturated heterocycles. The number of rotatable bonds is 7. The zero-order valence-electron chi connectivity index (χ0n) is 16.5. The fraction of sp³-hybridized carbons (Fsp3) is 0.333. The molecule has 3 aromatic rings. The summed E-state index contributed by atoms with van der Waals surface area (Å²) < 4.78 is 14.4. The third-order valence-corrected chi connectivity index (χ3v) is 6.67. The van der Waals surface area contributed by atoms with Crippen LogP contribution in [0.4, 0.5) is 9.52 Å². The number of benzene rings is 2. The molecule has 1 amide bonds. The molecular formula is C21H22Cl2FN3OS. The molecule has 2 aromatic carbocycles. The van der Waals surface area contributed by atoms with Gasteiger partial charge in [0.2, 0.25) is 0 Å². The smallest absolute Gasteiger partial charge is 0.261 e. The molecule has 29 heavy (non-hydrogen) atoms. The van der Waals surface area contributed by atoms with E-state index in [-0.39, 0.29) is 16.5 Å². The van der Waals surface area contributed by atoms with Gasteiger partial charge in [0.1, 0.15) is 5.82 Å². The van der Waals surface area contributed by atoms with Crippen molar-refractivity contribution in [3.8, 4) is 0 Å². The van der Waals surface area contributed by atoms with Gasteiger partial charge >= 0.3 is 0 Å². The van der Waals surface area contributed by atoms with Crippen LogP contribution in [0.2, 0.25) is 10.0 Å². The SMILES string of the molecule is CCN(CC)CCN(C(=O)c1ccc(F)cc1Cl)c1nc2c(C)c(Cl)ccc2s1. The lowest BCUT2D eigenvalue weighted by Crippen LogP contribution is -2.39. The summed E-state index contributed by atoms with van der Waals surface area (Å²) in [4.78, 5) is 21.9. The molecule has 154 valence electrons. The van der Waals surface area contributed by atoms with Crippen molar-refractivity contribution in [2.24, 2.45) is 0 Å². The number of carbonyl (C=O) groups excluding carboxylic acids is 1. The number of nitrogens with zero attached hydrogens (tertiary/aromatic N) is 3. The van der Waals surface area contributed by atoms with E-state index in [0.29, 0.717) is 23.2 Å². The van der Waals surface area contributed by atoms with Gasteiger partial charge in [-0.2, -0.15) is 0 Å². The number of hydrogen-bond donors (Lipinski definition) is 0. The molecule has 0 radical (unpaired) electrons. The molecule has 0 fully saturated rings. The van der Waals surface area contributed by atoms with E-state index in [0.717, 1.165) is 34.9 Å². The van der Waals surface area contributed by atoms with Crippen molar-refractivity contribution >= 4 is 55.8 Å². The van der Waals surface area contributed by atoms with Crippen LogP contribution in [0.25, 0.3) is 10.2 Å². The Labute approximate surface area is 183 Å². The van der Waals surface area contributed by atoms with E-state index in [4.69, 9.17) is 28.2 Å². The summed E-state index contributed by atoms with van der Waals surface area (Å²) in [6, 6.07) is 7.55. The molecular weight excluding hydrogens is 432 g/mol. The second-order valence-corrected chi connectivity index (χ2v) is 8.45. The molecule has 0 aliphatic heterocycles. The molecule has 0 aliphatic rings. The number of fused-ring (bicyclic) bond motifs is 1. The first-order valence-electron chi connectivity index (χ1n) is 9.40. The summed E-state index contributed by atoms with van der Waals surface area (Å²) in [5.41, 5.74) is 1.91. The van der Waals surface area contributed by atoms with Crippen LogP contribution in [0.15, 0.2) is 30.3 Å². The van der Waals surface area contributed by atoms with Gasteiger partial charge in [0.25, 0.3) is 5.91 Å². The van der Waals surface area contributed by atoms with Gasteiger partial charge in [-0.1, -0.05) is 48.4 Å². The maximum Gasteiger partial charge on any atom is 0.261 e. The Balaban J connectivity index is 2.03. The Morgan fingerprint density at radius 3 is 2.48 bits per heavy atom. The molecule has 0 atom stereocenters. The highest BCUT2D eigenvalue weighted by Gasteiger charge is 2.24. The Morgan fingerprint density at radius 2 is 1.83 bits per heavy atom. The predicted molar refractivity (Wildman–Crippen MR) is 120 cm³/mol. The number of aryl methyl sites for hydroxylation is 1. The second kappa shape index (κ2) is 9.39. The van der Waals surface area contributed by atoms with Crippen LogP contribution in [0.1, 0.15) is 29.8 Å². The van der Waals surface area contributed by atoms with E-state index in [1.807, 2.05) is 19.1 Å². The minimum absolute atomic E-state index is 0.0863. The van der Waals surface area contributed by atoms with E-state index < -0.39 is 5.82 Å². The lowest BCUT2D eigenvalue weighted by Gasteiger charge is -2.25. The highest BCUT2D eigenvalue weighted by Crippen LogP contribution is 2.34. The predicted octanol–water partition coefficient (Wildman–Crippen LogP) is 6.04. The van der Waals surface area contributed by atoms with Crippen LogP contribution in [0, 0.1) is 12.7 Å². The Kier molecular flexibility index (Phi) is 7.11. The van der Waals surface area contributed by atoms with Gasteiger partial charge in [0.05, 0.1) is 20.8 Å². The summed E-state index contributed by atoms with van der Waals surface area (Å²) in [5.74, 6) is -0.781. The van der Waals surface area contributed by atoms with E-state index in [2.05, 4.69) is 18.7 Å². The van der Waals surface area contributed by atoms with Crippen molar-refractivity contribution in [3.05, 3.63) is 57.3 Å². The zero-order valence-corrected chi connectivity index (χ0v) is 18.8. The van der Waals surface area contributed by atoms with Crippen LogP contribution in [0.5, 0.6) is 0 Å². The molecule has 0 spiro atoms. The average molecular weight is 454 g/mol. The maximum absolute atomic E-state index is 13.5. The second-order valence-electron chi connectivity index (χ2n) is 6.62. The fourth-order valence-electron chi connectivity index (χ4n) is 3.08. The van der Waals surface area contributed by atoms with E-state index in [9.17, 15) is 9.18 Å². The molecule has 8 heteroatoms. The average Bonchev–Trinajstić information content (AvgIpc) is 3.12. The normalized spacial score (nSPS) is 11.4. The topological polar surface area (TPSA) is 36.4 Å². The lowest BCUT2D eigenvalue weighted by molar-refractivity contribution is 0.0984. The van der Waals surface area contributed by atoms with Crippen LogP contribution < -0.4 is 4.90 Å². The summed E-state index contributed by atoms with van der Waals surface area (Å²) in [5, 5.41) is 1.29. The van der Waals surface area contributed by atoms with E-state index in [1.54, 1.807) is 4.90 Å². The van der Waals surface area contributed by atoms with Gasteiger partial charge in [-0.15, -0.1) is 0 Å². The quantitative estimate of drug-likeness (QED) is 0.437. The molecule has 0 bridgehead atoms. The molecule has 0 unspecified atom stereocenters. The van der Waals surface area contributed by atoms with Gasteiger partial charge in [0, 0.05) is 18.1 Å². The number of carbonyl (C=O) groups is 1.